The van der Waals surface area contributed by atoms with Gasteiger partial charge in [-0.05, 0) is 66.0 Å². The molecule has 0 radical (unpaired) electrons. The first-order valence-corrected chi connectivity index (χ1v) is 36.0. The number of aromatic hydroxyl groups is 1. The summed E-state index contributed by atoms with van der Waals surface area (Å²) in [6.45, 7) is 7.93. The van der Waals surface area contributed by atoms with Crippen molar-refractivity contribution in [3.63, 3.8) is 0 Å². The van der Waals surface area contributed by atoms with Gasteiger partial charge in [-0.3, -0.25) is 28.9 Å². The molecular formula is C64H70N14O18S5. The molecule has 1 aromatic carbocycles. The molecule has 12 bridgehead atoms. The standard InChI is InChI=1S/C64H70N14O18S5/c1-9-77(15-16-79)14-13-65-52(82)35-23-100-60(69-35)46-40(81)17-31-45(72-46)34-22-98-58(67-34)33-21-94-62(87)48-32-20-92-49(50(96-41-18-64(5,89)51(76(6)7)29(4)95-41)63(88)93-19-30-11-10-12-39(42(30)32)78(48)90)47(61-71-36(25-101-61)53(83)66-33)75-55(85)38-26-99-59(70-38)44(28(3)91-8)74-56(86)43(27(2)80)73-54(84)37-24-97-57(31)68-37/h10-12,17,22-27,29,33,41,43,47,49-51,79-81,89-90H,9,13-16,18-21H2,1-8H3,(H,65,82)(H,66,83)(H,73,84)(H,74,86)(H,75,85). The van der Waals surface area contributed by atoms with Crippen LogP contribution < -0.4 is 26.6 Å². The van der Waals surface area contributed by atoms with Gasteiger partial charge in [-0.25, -0.2) is 39.5 Å². The Morgan fingerprint density at radius 1 is 0.851 bits per heavy atom. The summed E-state index contributed by atoms with van der Waals surface area (Å²) in [6, 6.07) is 0.790. The van der Waals surface area contributed by atoms with E-state index in [-0.39, 0.29) is 118 Å². The molecular weight excluding hydrogens is 1410 g/mol. The number of thiazole rings is 5. The quantitative estimate of drug-likeness (QED) is 0.0439. The number of cyclic esters (lactones) is 2. The minimum Gasteiger partial charge on any atom is -0.506 e. The lowest BCUT2D eigenvalue weighted by atomic mass is 9.85. The van der Waals surface area contributed by atoms with E-state index in [2.05, 4.69) is 41.5 Å². The second-order valence-corrected chi connectivity index (χ2v) is 28.8. The van der Waals surface area contributed by atoms with Crippen LogP contribution in [-0.4, -0.2) is 221 Å². The fraction of sp³-hybridized carbons (Fsp3) is 0.422. The van der Waals surface area contributed by atoms with Crippen molar-refractivity contribution in [3.8, 4) is 38.4 Å². The summed E-state index contributed by atoms with van der Waals surface area (Å²) >= 11 is 4.68. The molecule has 11 heterocycles. The number of aromatic nitrogens is 7. The number of nitrogens with one attached hydrogen (secondary N) is 5. The van der Waals surface area contributed by atoms with E-state index in [4.69, 9.17) is 43.4 Å². The van der Waals surface area contributed by atoms with Crippen LogP contribution in [-0.2, 0) is 51.2 Å². The molecule has 10 unspecified atom stereocenters. The number of benzene rings is 1. The molecule has 101 heavy (non-hydrogen) atoms. The van der Waals surface area contributed by atoms with Gasteiger partial charge in [-0.2, -0.15) is 4.73 Å². The summed E-state index contributed by atoms with van der Waals surface area (Å²) in [5.41, 5.74) is -2.27. The van der Waals surface area contributed by atoms with Gasteiger partial charge in [0.05, 0.1) is 49.7 Å². The second kappa shape index (κ2) is 30.0. The molecule has 32 nitrogen and oxygen atoms in total. The fourth-order valence-corrected chi connectivity index (χ4v) is 16.6. The number of nitrogens with zero attached hydrogens (tertiary/aromatic N) is 9. The highest BCUT2D eigenvalue weighted by Gasteiger charge is 2.50. The summed E-state index contributed by atoms with van der Waals surface area (Å²) in [7, 11) is 4.86. The Labute approximate surface area is 595 Å². The minimum atomic E-state index is -1.91. The number of methoxy groups -OCH3 is 1. The van der Waals surface area contributed by atoms with E-state index in [0.717, 1.165) is 56.7 Å². The summed E-state index contributed by atoms with van der Waals surface area (Å²) in [5.74, 6) is -6.75. The molecule has 4 aliphatic rings. The number of hydrogen-bond donors (Lipinski definition) is 10. The van der Waals surface area contributed by atoms with E-state index in [1.165, 1.54) is 54.6 Å². The smallest absolute Gasteiger partial charge is 0.358 e. The first-order valence-electron chi connectivity index (χ1n) is 31.6. The first kappa shape index (κ1) is 72.0. The van der Waals surface area contributed by atoms with Crippen LogP contribution >= 0.6 is 56.7 Å². The van der Waals surface area contributed by atoms with Crippen LogP contribution in [0.3, 0.4) is 0 Å². The second-order valence-electron chi connectivity index (χ2n) is 24.4. The number of amides is 5. The molecule has 5 amide bonds. The molecule has 0 spiro atoms. The number of likely N-dealkylation sites (N-methyl/N-ethyl adjacent to an activating group) is 2. The molecule has 37 heteroatoms. The molecule has 1 fully saturated rings. The lowest BCUT2D eigenvalue weighted by Gasteiger charge is -2.48. The van der Waals surface area contributed by atoms with E-state index in [0.29, 0.717) is 29.9 Å². The van der Waals surface area contributed by atoms with Gasteiger partial charge in [0.1, 0.15) is 120 Å². The van der Waals surface area contributed by atoms with Crippen LogP contribution in [0.1, 0.15) is 132 Å². The maximum atomic E-state index is 15.2. The number of hydrogen-bond acceptors (Lipinski definition) is 31. The lowest BCUT2D eigenvalue weighted by Crippen LogP contribution is -2.62. The maximum Gasteiger partial charge on any atom is 0.358 e. The third-order valence-electron chi connectivity index (χ3n) is 17.3. The highest BCUT2D eigenvalue weighted by Crippen LogP contribution is 2.43. The molecule has 4 aliphatic heterocycles. The van der Waals surface area contributed by atoms with Gasteiger partial charge in [0.15, 0.2) is 18.1 Å². The molecule has 8 aromatic rings. The summed E-state index contributed by atoms with van der Waals surface area (Å²) in [5, 5.41) is 78.2. The third-order valence-corrected chi connectivity index (χ3v) is 21.8. The number of ether oxygens (including phenoxy) is 6. The predicted molar refractivity (Wildman–Crippen MR) is 366 cm³/mol. The summed E-state index contributed by atoms with van der Waals surface area (Å²) in [6.07, 6.45) is -7.50. The maximum absolute atomic E-state index is 15.2. The van der Waals surface area contributed by atoms with Gasteiger partial charge in [0.2, 0.25) is 5.91 Å². The Morgan fingerprint density at radius 3 is 2.26 bits per heavy atom. The van der Waals surface area contributed by atoms with Gasteiger partial charge < -0.3 is 85.5 Å². The largest absolute Gasteiger partial charge is 0.506 e. The summed E-state index contributed by atoms with van der Waals surface area (Å²) in [4.78, 5) is 135. The Hall–Kier alpha value is -8.83. The SMILES string of the molecule is CCN(CCO)CCNC(=O)c1csc(-c2nc3c(cc2O)-c2nc(cs2)C(=O)NC(C(C)O)C(=O)NC(=C(C)OC)c2nc(cs2)C(=O)NC2c4nc(cs4)C(=O)NC(COC(=O)c4c5c6c(cccc6n4O)COC(=O)C(OC4CC(C)(O)C(N(C)C)C(C)O4)C2OC5)c2nc-3cs2)n1. The van der Waals surface area contributed by atoms with Gasteiger partial charge in [0.25, 0.3) is 23.6 Å². The van der Waals surface area contributed by atoms with Crippen molar-refractivity contribution in [2.45, 2.75) is 115 Å². The molecule has 10 atom stereocenters. The summed E-state index contributed by atoms with van der Waals surface area (Å²) < 4.78 is 38.3. The zero-order valence-corrected chi connectivity index (χ0v) is 59.4. The van der Waals surface area contributed by atoms with Crippen LogP contribution in [0.5, 0.6) is 5.75 Å². The number of aliphatic hydroxyl groups is 3. The van der Waals surface area contributed by atoms with Crippen molar-refractivity contribution < 1.29 is 87.6 Å². The van der Waals surface area contributed by atoms with Crippen LogP contribution in [0.15, 0.2) is 56.9 Å². The van der Waals surface area contributed by atoms with Gasteiger partial charge >= 0.3 is 11.9 Å². The van der Waals surface area contributed by atoms with Crippen molar-refractivity contribution in [3.05, 3.63) is 112 Å². The number of carbonyl (C=O) groups is 7. The zero-order valence-electron chi connectivity index (χ0n) is 55.4. The van der Waals surface area contributed by atoms with Gasteiger partial charge in [-0.1, -0.05) is 19.1 Å². The molecule has 10 N–H and O–H groups in total. The predicted octanol–water partition coefficient (Wildman–Crippen LogP) is 4.21. The monoisotopic (exact) mass is 1480 g/mol. The highest BCUT2D eigenvalue weighted by atomic mass is 32.1. The minimum absolute atomic E-state index is 0.00731. The Morgan fingerprint density at radius 2 is 1.53 bits per heavy atom. The number of pyridine rings is 1. The number of rotatable bonds is 13. The number of fused-ring (bicyclic) bond motifs is 15. The molecule has 534 valence electrons. The highest BCUT2D eigenvalue weighted by molar-refractivity contribution is 7.14. The molecule has 1 saturated heterocycles. The van der Waals surface area contributed by atoms with Crippen molar-refractivity contribution in [1.82, 2.24) is 71.0 Å². The van der Waals surface area contributed by atoms with E-state index in [1.807, 2.05) is 11.8 Å². The Balaban J connectivity index is 1.02. The number of carbonyl (C=O) groups excluding carboxylic acids is 7. The van der Waals surface area contributed by atoms with Crippen molar-refractivity contribution in [2.24, 2.45) is 0 Å². The number of esters is 2. The average molecular weight is 1480 g/mol. The van der Waals surface area contributed by atoms with E-state index in [1.54, 1.807) is 50.4 Å². The van der Waals surface area contributed by atoms with Crippen LogP contribution in [0.2, 0.25) is 0 Å². The van der Waals surface area contributed by atoms with E-state index in [9.17, 15) is 40.0 Å². The lowest BCUT2D eigenvalue weighted by molar-refractivity contribution is -0.280. The molecule has 12 rings (SSSR count). The van der Waals surface area contributed by atoms with Gasteiger partial charge in [0, 0.05) is 69.5 Å². The Kier molecular flexibility index (Phi) is 21.4. The van der Waals surface area contributed by atoms with Crippen molar-refractivity contribution >= 4 is 115 Å². The number of aliphatic hydroxyl groups excluding tert-OH is 2. The fourth-order valence-electron chi connectivity index (χ4n) is 12.5. The van der Waals surface area contributed by atoms with E-state index >= 15 is 19.2 Å². The molecule has 0 aliphatic carbocycles. The average Bonchev–Trinajstić information content (AvgIpc) is 1.65. The number of allylic oxidation sites excluding steroid dienone is 1. The zero-order chi connectivity index (χ0) is 71.9. The topological polar surface area (TPSA) is 425 Å². The van der Waals surface area contributed by atoms with Crippen molar-refractivity contribution in [1.29, 1.82) is 0 Å². The van der Waals surface area contributed by atoms with Crippen molar-refractivity contribution in [2.75, 3.05) is 60.6 Å². The van der Waals surface area contributed by atoms with Gasteiger partial charge in [-0.15, -0.1) is 56.7 Å². The molecule has 7 aromatic heterocycles. The Bertz CT molecular complexity index is 4540. The van der Waals surface area contributed by atoms with E-state index < -0.39 is 133 Å². The third kappa shape index (κ3) is 14.8. The first-order chi connectivity index (χ1) is 48.3. The molecule has 0 saturated carbocycles. The van der Waals surface area contributed by atoms with Crippen LogP contribution in [0.25, 0.3) is 49.3 Å². The normalized spacial score (nSPS) is 23.8. The van der Waals surface area contributed by atoms with Crippen LogP contribution in [0, 0.1) is 0 Å². The van der Waals surface area contributed by atoms with Crippen LogP contribution in [0.4, 0.5) is 0 Å².